The van der Waals surface area contributed by atoms with Gasteiger partial charge in [-0.1, -0.05) is 94.4 Å². The molecule has 4 aliphatic rings. The van der Waals surface area contributed by atoms with E-state index in [1.165, 1.54) is 130 Å². The molecule has 0 unspecified atom stereocenters. The number of fused-ring (bicyclic) bond motifs is 8. The van der Waals surface area contributed by atoms with Crippen LogP contribution in [0.15, 0.2) is 89.8 Å². The zero-order chi connectivity index (χ0) is 41.8. The summed E-state index contributed by atoms with van der Waals surface area (Å²) in [7, 11) is 0. The Morgan fingerprint density at radius 3 is 1.64 bits per heavy atom. The third-order valence-electron chi connectivity index (χ3n) is 15.1. The summed E-state index contributed by atoms with van der Waals surface area (Å²) in [4.78, 5) is 6.65. The molecular formula is C54H62BN2S2+. The van der Waals surface area contributed by atoms with E-state index < -0.39 is 0 Å². The average molecular weight is 814 g/mol. The Labute approximate surface area is 362 Å². The topological polar surface area (TPSA) is 6.48 Å². The first-order valence-corrected chi connectivity index (χ1v) is 24.2. The molecule has 1 aromatic heterocycles. The predicted octanol–water partition coefficient (Wildman–Crippen LogP) is 13.1. The largest absolute Gasteiger partial charge is 0.311 e. The first kappa shape index (κ1) is 39.2. The molecule has 2 nitrogen and oxygen atoms in total. The fourth-order valence-electron chi connectivity index (χ4n) is 11.1. The van der Waals surface area contributed by atoms with E-state index in [2.05, 4.69) is 195 Å². The van der Waals surface area contributed by atoms with Crippen LogP contribution in [-0.2, 0) is 38.8 Å². The van der Waals surface area contributed by atoms with Gasteiger partial charge in [-0.3, -0.25) is 0 Å². The quantitative estimate of drug-likeness (QED) is 0.0996. The third-order valence-corrected chi connectivity index (χ3v) is 17.1. The van der Waals surface area contributed by atoms with Crippen molar-refractivity contribution in [3.8, 4) is 0 Å². The standard InChI is InChI=1S/C54H61BN2S2/c1-32-26-44-47-45(27-32)57(35-18-20-36(58-13)21-19-35)48-37-28-38-41(54(11,12)25-22-51(38,5)6)31-46(37)59-49(48)55(47)42-29-39-40(53(9,10)24-23-52(39,7)8)30-43(42)56(44)34-16-14-33(15-17-34)50(2,3)4/h14-21,26-31H,22-25H2,1-13H3/p+1. The second-order valence-electron chi connectivity index (χ2n) is 22.1. The Morgan fingerprint density at radius 2 is 1.08 bits per heavy atom. The molecule has 302 valence electrons. The van der Waals surface area contributed by atoms with Crippen LogP contribution in [0.5, 0.6) is 0 Å². The zero-order valence-corrected chi connectivity index (χ0v) is 39.4. The molecule has 0 saturated carbocycles. The Hall–Kier alpha value is -3.93. The van der Waals surface area contributed by atoms with E-state index in [0.717, 1.165) is 0 Å². The number of anilines is 6. The Balaban J connectivity index is 1.34. The molecule has 0 radical (unpaired) electrons. The van der Waals surface area contributed by atoms with Gasteiger partial charge in [0.15, 0.2) is 4.90 Å². The number of benzene rings is 5. The highest BCUT2D eigenvalue weighted by Gasteiger charge is 2.48. The molecule has 3 heterocycles. The van der Waals surface area contributed by atoms with Gasteiger partial charge in [0.05, 0.1) is 5.69 Å². The third kappa shape index (κ3) is 5.87. The molecule has 0 spiro atoms. The van der Waals surface area contributed by atoms with Crippen molar-refractivity contribution >= 4 is 89.7 Å². The molecule has 2 aliphatic heterocycles. The van der Waals surface area contributed by atoms with Crippen LogP contribution in [0.25, 0.3) is 10.1 Å². The van der Waals surface area contributed by atoms with Gasteiger partial charge < -0.3 is 9.80 Å². The van der Waals surface area contributed by atoms with Crippen LogP contribution in [-0.4, -0.2) is 13.0 Å². The summed E-state index contributed by atoms with van der Waals surface area (Å²) in [5.74, 6) is 0. The molecule has 0 N–H and O–H groups in total. The SMILES string of the molecule is C[SH+]c1ccc(N2c3cc(C)cc4c3B(c3cc5c(cc3N4c3ccc(C(C)(C)C)cc3)C(C)(C)CCC5(C)C)c3sc4cc5c(cc4c32)C(C)(C)CCC5(C)C)cc1. The van der Waals surface area contributed by atoms with Crippen molar-refractivity contribution in [1.29, 1.82) is 0 Å². The number of hydrogen-bond acceptors (Lipinski definition) is 3. The van der Waals surface area contributed by atoms with Crippen molar-refractivity contribution in [1.82, 2.24) is 0 Å². The van der Waals surface area contributed by atoms with Gasteiger partial charge >= 0.3 is 0 Å². The molecular weight excluding hydrogens is 752 g/mol. The molecule has 59 heavy (non-hydrogen) atoms. The highest BCUT2D eigenvalue weighted by Crippen LogP contribution is 2.54. The number of aryl methyl sites for hydroxylation is 1. The van der Waals surface area contributed by atoms with Gasteiger partial charge in [0.1, 0.15) is 6.26 Å². The minimum atomic E-state index is 0.0785. The number of hydrogen-bond donors (Lipinski definition) is 0. The van der Waals surface area contributed by atoms with Crippen LogP contribution in [0.1, 0.15) is 135 Å². The van der Waals surface area contributed by atoms with Crippen LogP contribution >= 0.6 is 11.3 Å². The summed E-state index contributed by atoms with van der Waals surface area (Å²) in [6.07, 6.45) is 7.04. The molecule has 10 rings (SSSR count). The maximum atomic E-state index is 2.69. The lowest BCUT2D eigenvalue weighted by atomic mass is 9.35. The monoisotopic (exact) mass is 813 g/mol. The van der Waals surface area contributed by atoms with Gasteiger partial charge in [0.2, 0.25) is 0 Å². The van der Waals surface area contributed by atoms with Crippen molar-refractivity contribution in [3.05, 3.63) is 118 Å². The lowest BCUT2D eigenvalue weighted by molar-refractivity contribution is 0.332. The first-order valence-electron chi connectivity index (χ1n) is 22.1. The van der Waals surface area contributed by atoms with Crippen molar-refractivity contribution < 1.29 is 0 Å². The van der Waals surface area contributed by atoms with E-state index in [1.807, 2.05) is 0 Å². The number of thiol groups is 1. The summed E-state index contributed by atoms with van der Waals surface area (Å²) < 4.78 is 2.89. The van der Waals surface area contributed by atoms with Crippen LogP contribution < -0.4 is 25.5 Å². The van der Waals surface area contributed by atoms with Gasteiger partial charge in [-0.05, 0) is 171 Å². The van der Waals surface area contributed by atoms with E-state index in [-0.39, 0.29) is 33.8 Å². The maximum absolute atomic E-state index is 2.69. The molecule has 0 fully saturated rings. The number of nitrogens with zero attached hydrogens (tertiary/aromatic N) is 2. The fourth-order valence-corrected chi connectivity index (χ4v) is 12.9. The molecule has 0 atom stereocenters. The van der Waals surface area contributed by atoms with Gasteiger partial charge in [-0.2, -0.15) is 0 Å². The summed E-state index contributed by atoms with van der Waals surface area (Å²) >= 11 is 3.35. The summed E-state index contributed by atoms with van der Waals surface area (Å²) in [5, 5.41) is 1.40. The summed E-state index contributed by atoms with van der Waals surface area (Å²) in [5.41, 5.74) is 20.0. The average Bonchev–Trinajstić information content (AvgIpc) is 3.55. The van der Waals surface area contributed by atoms with Crippen LogP contribution in [0.2, 0.25) is 0 Å². The molecule has 6 aromatic rings. The lowest BCUT2D eigenvalue weighted by Crippen LogP contribution is -2.61. The van der Waals surface area contributed by atoms with Crippen molar-refractivity contribution in [2.45, 2.75) is 141 Å². The molecule has 5 aromatic carbocycles. The van der Waals surface area contributed by atoms with Gasteiger partial charge in [0, 0.05) is 55.1 Å². The highest BCUT2D eigenvalue weighted by atomic mass is 32.2. The summed E-state index contributed by atoms with van der Waals surface area (Å²) in [6.45, 7) is 29.2. The van der Waals surface area contributed by atoms with E-state index >= 15 is 0 Å². The smallest absolute Gasteiger partial charge is 0.264 e. The Morgan fingerprint density at radius 1 is 0.593 bits per heavy atom. The second kappa shape index (κ2) is 12.8. The maximum Gasteiger partial charge on any atom is 0.264 e. The molecule has 0 saturated heterocycles. The minimum Gasteiger partial charge on any atom is -0.311 e. The van der Waals surface area contributed by atoms with Crippen molar-refractivity contribution in [3.63, 3.8) is 0 Å². The van der Waals surface area contributed by atoms with Crippen molar-refractivity contribution in [2.24, 2.45) is 0 Å². The highest BCUT2D eigenvalue weighted by molar-refractivity contribution is 7.77. The lowest BCUT2D eigenvalue weighted by Gasteiger charge is -2.47. The fraction of sp³-hybridized carbons (Fsp3) is 0.407. The van der Waals surface area contributed by atoms with Crippen LogP contribution in [0.3, 0.4) is 0 Å². The van der Waals surface area contributed by atoms with Crippen LogP contribution in [0, 0.1) is 6.92 Å². The minimum absolute atomic E-state index is 0.0785. The molecule has 2 aliphatic carbocycles. The van der Waals surface area contributed by atoms with Gasteiger partial charge in [-0.15, -0.1) is 11.3 Å². The Kier molecular flexibility index (Phi) is 8.51. The summed E-state index contributed by atoms with van der Waals surface area (Å²) in [6, 6.07) is 34.5. The number of thiophene rings is 1. The first-order chi connectivity index (χ1) is 27.7. The second-order valence-corrected chi connectivity index (χ2v) is 24.1. The van der Waals surface area contributed by atoms with E-state index in [1.54, 1.807) is 5.56 Å². The molecule has 0 bridgehead atoms. The predicted molar refractivity (Wildman–Crippen MR) is 263 cm³/mol. The van der Waals surface area contributed by atoms with E-state index in [4.69, 9.17) is 0 Å². The van der Waals surface area contributed by atoms with Gasteiger partial charge in [0.25, 0.3) is 6.71 Å². The van der Waals surface area contributed by atoms with Crippen LogP contribution in [0.4, 0.5) is 34.1 Å². The van der Waals surface area contributed by atoms with Gasteiger partial charge in [-0.25, -0.2) is 0 Å². The normalized spacial score (nSPS) is 19.2. The number of rotatable bonds is 3. The van der Waals surface area contributed by atoms with Crippen molar-refractivity contribution in [2.75, 3.05) is 16.1 Å². The Bertz CT molecular complexity index is 2710. The molecule has 5 heteroatoms. The zero-order valence-electron chi connectivity index (χ0n) is 37.7. The molecule has 0 amide bonds. The van der Waals surface area contributed by atoms with E-state index in [0.29, 0.717) is 0 Å². The van der Waals surface area contributed by atoms with E-state index in [9.17, 15) is 0 Å².